The average Bonchev–Trinajstić information content (AvgIpc) is 2.81. The average molecular weight is 524 g/mol. The molecule has 15 heteroatoms. The molecule has 0 aliphatic carbocycles. The summed E-state index contributed by atoms with van der Waals surface area (Å²) in [4.78, 5) is 55.3. The van der Waals surface area contributed by atoms with Crippen LogP contribution in [-0.2, 0) is 42.9 Å². The maximum absolute atomic E-state index is 11.7. The lowest BCUT2D eigenvalue weighted by molar-refractivity contribution is -0.143. The fraction of sp³-hybridized carbons (Fsp3) is 0.762. The summed E-state index contributed by atoms with van der Waals surface area (Å²) in [6.45, 7) is 2.33. The van der Waals surface area contributed by atoms with Crippen LogP contribution in [0.4, 0.5) is 0 Å². The van der Waals surface area contributed by atoms with Gasteiger partial charge in [-0.15, -0.1) is 0 Å². The van der Waals surface area contributed by atoms with Crippen molar-refractivity contribution in [3.63, 3.8) is 0 Å². The van der Waals surface area contributed by atoms with Crippen LogP contribution in [0, 0.1) is 0 Å². The highest BCUT2D eigenvalue weighted by Gasteiger charge is 2.20. The van der Waals surface area contributed by atoms with Crippen molar-refractivity contribution in [2.75, 3.05) is 59.4 Å². The topological polar surface area (TPSA) is 233 Å². The van der Waals surface area contributed by atoms with Crippen molar-refractivity contribution in [1.29, 1.82) is 0 Å². The van der Waals surface area contributed by atoms with Crippen molar-refractivity contribution in [2.45, 2.75) is 44.2 Å². The van der Waals surface area contributed by atoms with E-state index in [0.29, 0.717) is 26.4 Å². The van der Waals surface area contributed by atoms with Gasteiger partial charge in [0.1, 0.15) is 6.04 Å². The predicted octanol–water partition coefficient (Wildman–Crippen LogP) is -1.81. The number of nitrogens with two attached hydrogens (primary N) is 1. The molecule has 0 aromatic rings. The summed E-state index contributed by atoms with van der Waals surface area (Å²) >= 11 is 0. The largest absolute Gasteiger partial charge is 0.481 e. The fourth-order valence-electron chi connectivity index (χ4n) is 2.51. The lowest BCUT2D eigenvalue weighted by Crippen LogP contribution is -2.42. The van der Waals surface area contributed by atoms with E-state index in [9.17, 15) is 24.0 Å². The van der Waals surface area contributed by atoms with Crippen molar-refractivity contribution in [2.24, 2.45) is 5.73 Å². The van der Waals surface area contributed by atoms with E-state index in [-0.39, 0.29) is 65.1 Å². The van der Waals surface area contributed by atoms with Crippen LogP contribution in [0.25, 0.3) is 0 Å². The van der Waals surface area contributed by atoms with Crippen LogP contribution in [0.5, 0.6) is 0 Å². The molecule has 0 fully saturated rings. The van der Waals surface area contributed by atoms with Gasteiger partial charge < -0.3 is 50.6 Å². The lowest BCUT2D eigenvalue weighted by Gasteiger charge is -2.13. The van der Waals surface area contributed by atoms with E-state index in [1.165, 1.54) is 0 Å². The summed E-state index contributed by atoms with van der Waals surface area (Å²) in [5, 5.41) is 31.0. The maximum atomic E-state index is 11.7. The molecule has 0 unspecified atom stereocenters. The molecule has 0 aliphatic heterocycles. The van der Waals surface area contributed by atoms with Crippen molar-refractivity contribution in [1.82, 2.24) is 10.6 Å². The molecule has 15 nitrogen and oxygen atoms in total. The molecule has 7 N–H and O–H groups in total. The third-order valence-corrected chi connectivity index (χ3v) is 4.42. The van der Waals surface area contributed by atoms with Gasteiger partial charge in [0.05, 0.1) is 58.9 Å². The number of carbonyl (C=O) groups is 5. The van der Waals surface area contributed by atoms with Gasteiger partial charge in [-0.2, -0.15) is 0 Å². The third-order valence-electron chi connectivity index (χ3n) is 4.42. The maximum Gasteiger partial charge on any atom is 0.326 e. The Morgan fingerprint density at radius 1 is 0.667 bits per heavy atom. The molecular weight excluding hydrogens is 486 g/mol. The van der Waals surface area contributed by atoms with Gasteiger partial charge in [0, 0.05) is 25.8 Å². The molecule has 2 atom stereocenters. The fourth-order valence-corrected chi connectivity index (χ4v) is 2.51. The van der Waals surface area contributed by atoms with Crippen molar-refractivity contribution in [3.05, 3.63) is 0 Å². The Morgan fingerprint density at radius 3 is 1.64 bits per heavy atom. The minimum atomic E-state index is -1.30. The van der Waals surface area contributed by atoms with Gasteiger partial charge in [-0.1, -0.05) is 0 Å². The molecule has 0 aromatic carbocycles. The molecular formula is C21H37N3O12. The Bertz CT molecular complexity index is 677. The Labute approximate surface area is 208 Å². The molecule has 208 valence electrons. The van der Waals surface area contributed by atoms with Crippen LogP contribution in [0.1, 0.15) is 32.1 Å². The Hall–Kier alpha value is -2.85. The molecule has 36 heavy (non-hydrogen) atoms. The van der Waals surface area contributed by atoms with E-state index in [1.54, 1.807) is 0 Å². The van der Waals surface area contributed by atoms with Gasteiger partial charge in [0.15, 0.2) is 0 Å². The zero-order valence-electron chi connectivity index (χ0n) is 20.1. The molecule has 0 aromatic heterocycles. The second kappa shape index (κ2) is 21.4. The van der Waals surface area contributed by atoms with Crippen LogP contribution in [-0.4, -0.2) is 117 Å². The quantitative estimate of drug-likeness (QED) is 0.0766. The summed E-state index contributed by atoms with van der Waals surface area (Å²) in [7, 11) is 0. The Balaban J connectivity index is 3.50. The number of carboxylic acids is 3. The third kappa shape index (κ3) is 20.5. The van der Waals surface area contributed by atoms with Crippen molar-refractivity contribution in [3.8, 4) is 0 Å². The Kier molecular flexibility index (Phi) is 19.7. The van der Waals surface area contributed by atoms with E-state index in [1.807, 2.05) is 0 Å². The number of hydrogen-bond donors (Lipinski definition) is 6. The zero-order chi connectivity index (χ0) is 27.2. The molecule has 0 heterocycles. The molecule has 0 saturated carbocycles. The van der Waals surface area contributed by atoms with Crippen LogP contribution in [0.15, 0.2) is 0 Å². The number of amides is 2. The van der Waals surface area contributed by atoms with E-state index in [4.69, 9.17) is 40.0 Å². The number of nitrogens with one attached hydrogen (secondary N) is 2. The van der Waals surface area contributed by atoms with Gasteiger partial charge >= 0.3 is 17.9 Å². The smallest absolute Gasteiger partial charge is 0.326 e. The second-order valence-corrected chi connectivity index (χ2v) is 7.42. The van der Waals surface area contributed by atoms with E-state index in [0.717, 1.165) is 0 Å². The summed E-state index contributed by atoms with van der Waals surface area (Å²) < 4.78 is 21.1. The number of carboxylic acid groups (broad SMARTS) is 3. The van der Waals surface area contributed by atoms with E-state index < -0.39 is 41.8 Å². The first kappa shape index (κ1) is 33.1. The zero-order valence-corrected chi connectivity index (χ0v) is 20.1. The number of hydrogen-bond acceptors (Lipinski definition) is 10. The minimum Gasteiger partial charge on any atom is -0.481 e. The molecule has 0 rings (SSSR count). The predicted molar refractivity (Wildman–Crippen MR) is 122 cm³/mol. The summed E-state index contributed by atoms with van der Waals surface area (Å²) in [5.41, 5.74) is 5.57. The number of aliphatic carboxylic acids is 3. The molecule has 0 saturated heterocycles. The highest BCUT2D eigenvalue weighted by molar-refractivity contribution is 5.84. The first-order valence-corrected chi connectivity index (χ1v) is 11.4. The summed E-state index contributed by atoms with van der Waals surface area (Å²) in [6.07, 6.45) is -0.748. The highest BCUT2D eigenvalue weighted by atomic mass is 16.6. The summed E-state index contributed by atoms with van der Waals surface area (Å²) in [6, 6.07) is -2.13. The summed E-state index contributed by atoms with van der Waals surface area (Å²) in [5.74, 6) is -4.43. The molecule has 0 aliphatic rings. The lowest BCUT2D eigenvalue weighted by atomic mass is 10.1. The molecule has 0 radical (unpaired) electrons. The molecule has 0 bridgehead atoms. The van der Waals surface area contributed by atoms with Gasteiger partial charge in [-0.25, -0.2) is 4.79 Å². The highest BCUT2D eigenvalue weighted by Crippen LogP contribution is 1.99. The molecule has 0 spiro atoms. The van der Waals surface area contributed by atoms with Crippen molar-refractivity contribution < 1.29 is 58.2 Å². The van der Waals surface area contributed by atoms with Crippen LogP contribution < -0.4 is 16.4 Å². The standard InChI is InChI=1S/C21H37N3O12/c22-15(1-3-18(26)27)20(30)23-6-8-34-10-12-36-14-13-35-11-9-33-7-5-17(25)24-16(21(31)32)2-4-19(28)29/h15-16H,1-14,22H2,(H,23,30)(H,24,25)(H,26,27)(H,28,29)(H,31,32)/t15-,16-/m0/s1. The monoisotopic (exact) mass is 523 g/mol. The van der Waals surface area contributed by atoms with Gasteiger partial charge in [-0.05, 0) is 12.8 Å². The van der Waals surface area contributed by atoms with Gasteiger partial charge in [-0.3, -0.25) is 19.2 Å². The number of rotatable bonds is 24. The number of ether oxygens (including phenoxy) is 4. The molecule has 2 amide bonds. The van der Waals surface area contributed by atoms with Gasteiger partial charge in [0.25, 0.3) is 0 Å². The normalized spacial score (nSPS) is 12.5. The van der Waals surface area contributed by atoms with Gasteiger partial charge in [0.2, 0.25) is 11.8 Å². The van der Waals surface area contributed by atoms with Crippen LogP contribution in [0.3, 0.4) is 0 Å². The van der Waals surface area contributed by atoms with Crippen molar-refractivity contribution >= 4 is 29.7 Å². The first-order chi connectivity index (χ1) is 17.1. The minimum absolute atomic E-state index is 0.0586. The second-order valence-electron chi connectivity index (χ2n) is 7.42. The van der Waals surface area contributed by atoms with E-state index in [2.05, 4.69) is 10.6 Å². The van der Waals surface area contributed by atoms with Crippen LogP contribution >= 0.6 is 0 Å². The number of carbonyl (C=O) groups excluding carboxylic acids is 2. The van der Waals surface area contributed by atoms with E-state index >= 15 is 0 Å². The first-order valence-electron chi connectivity index (χ1n) is 11.4. The Morgan fingerprint density at radius 2 is 1.14 bits per heavy atom. The van der Waals surface area contributed by atoms with Crippen LogP contribution in [0.2, 0.25) is 0 Å². The SMILES string of the molecule is N[C@@H](CCC(=O)O)C(=O)NCCOCCOCCOCCOCCC(=O)N[C@@H](CCC(=O)O)C(=O)O.